The molecule has 1 aromatic heterocycles. The van der Waals surface area contributed by atoms with Crippen LogP contribution in [0.5, 0.6) is 0 Å². The van der Waals surface area contributed by atoms with E-state index in [2.05, 4.69) is 10.3 Å². The second-order valence-corrected chi connectivity index (χ2v) is 7.08. The highest BCUT2D eigenvalue weighted by molar-refractivity contribution is 6.31. The number of halogens is 1. The lowest BCUT2D eigenvalue weighted by atomic mass is 10.0. The number of hydrogen-bond donors (Lipinski definition) is 1. The summed E-state index contributed by atoms with van der Waals surface area (Å²) in [6.07, 6.45) is 2.98. The number of anilines is 2. The van der Waals surface area contributed by atoms with Gasteiger partial charge in [0.1, 0.15) is 5.82 Å². The lowest BCUT2D eigenvalue weighted by Crippen LogP contribution is -2.02. The summed E-state index contributed by atoms with van der Waals surface area (Å²) in [6.45, 7) is 0. The van der Waals surface area contributed by atoms with E-state index in [0.717, 1.165) is 22.9 Å². The summed E-state index contributed by atoms with van der Waals surface area (Å²) in [6, 6.07) is 25.3. The number of aryl methyl sites for hydroxylation is 1. The minimum absolute atomic E-state index is 0.126. The van der Waals surface area contributed by atoms with E-state index in [1.807, 2.05) is 78.9 Å². The minimum atomic E-state index is 0.126. The third kappa shape index (κ3) is 4.21. The van der Waals surface area contributed by atoms with E-state index in [9.17, 15) is 4.79 Å². The van der Waals surface area contributed by atoms with Crippen LogP contribution in [0, 0.1) is 0 Å². The zero-order chi connectivity index (χ0) is 19.3. The molecule has 0 spiro atoms. The first-order valence-corrected chi connectivity index (χ1v) is 9.55. The Bertz CT molecular complexity index is 1130. The highest BCUT2D eigenvalue weighted by Crippen LogP contribution is 2.27. The molecule has 3 aromatic carbocycles. The van der Waals surface area contributed by atoms with Crippen LogP contribution in [-0.4, -0.2) is 10.8 Å². The molecule has 0 radical (unpaired) electrons. The fourth-order valence-corrected chi connectivity index (χ4v) is 3.37. The molecule has 0 fully saturated rings. The number of benzene rings is 3. The first-order chi connectivity index (χ1) is 13.7. The number of ketones is 1. The molecule has 4 heteroatoms. The molecule has 0 aliphatic carbocycles. The van der Waals surface area contributed by atoms with E-state index in [4.69, 9.17) is 11.6 Å². The van der Waals surface area contributed by atoms with E-state index in [-0.39, 0.29) is 5.78 Å². The molecule has 0 amide bonds. The van der Waals surface area contributed by atoms with Crippen LogP contribution in [-0.2, 0) is 6.42 Å². The Morgan fingerprint density at radius 2 is 1.79 bits per heavy atom. The molecule has 28 heavy (non-hydrogen) atoms. The number of pyridine rings is 1. The first-order valence-electron chi connectivity index (χ1n) is 9.17. The van der Waals surface area contributed by atoms with Gasteiger partial charge in [-0.2, -0.15) is 0 Å². The normalized spacial score (nSPS) is 10.8. The summed E-state index contributed by atoms with van der Waals surface area (Å²) >= 11 is 6.15. The van der Waals surface area contributed by atoms with Gasteiger partial charge in [-0.05, 0) is 47.7 Å². The molecule has 138 valence electrons. The topological polar surface area (TPSA) is 42.0 Å². The lowest BCUT2D eigenvalue weighted by molar-refractivity contribution is 0.0983. The predicted molar refractivity (Wildman–Crippen MR) is 116 cm³/mol. The molecule has 3 nitrogen and oxygen atoms in total. The minimum Gasteiger partial charge on any atom is -0.340 e. The molecule has 0 aliphatic heterocycles. The number of hydrogen-bond acceptors (Lipinski definition) is 3. The van der Waals surface area contributed by atoms with Gasteiger partial charge in [-0.3, -0.25) is 4.79 Å². The van der Waals surface area contributed by atoms with Crippen molar-refractivity contribution in [3.63, 3.8) is 0 Å². The number of fused-ring (bicyclic) bond motifs is 1. The molecule has 0 saturated heterocycles. The summed E-state index contributed by atoms with van der Waals surface area (Å²) in [5.41, 5.74) is 2.69. The Labute approximate surface area is 169 Å². The molecule has 0 unspecified atom stereocenters. The van der Waals surface area contributed by atoms with Gasteiger partial charge in [0, 0.05) is 34.3 Å². The maximum atomic E-state index is 12.6. The molecule has 0 saturated carbocycles. The van der Waals surface area contributed by atoms with Gasteiger partial charge in [-0.25, -0.2) is 4.98 Å². The van der Waals surface area contributed by atoms with Crippen molar-refractivity contribution < 1.29 is 4.79 Å². The highest BCUT2D eigenvalue weighted by Gasteiger charge is 2.09. The van der Waals surface area contributed by atoms with Crippen molar-refractivity contribution >= 4 is 39.7 Å². The van der Waals surface area contributed by atoms with Crippen molar-refractivity contribution in [2.45, 2.75) is 12.8 Å². The number of rotatable bonds is 6. The summed E-state index contributed by atoms with van der Waals surface area (Å²) in [5.74, 6) is 0.843. The maximum absolute atomic E-state index is 12.6. The van der Waals surface area contributed by atoms with E-state index < -0.39 is 0 Å². The maximum Gasteiger partial charge on any atom is 0.163 e. The summed E-state index contributed by atoms with van der Waals surface area (Å²) < 4.78 is 0. The molecule has 0 bridgehead atoms. The van der Waals surface area contributed by atoms with Crippen LogP contribution >= 0.6 is 11.6 Å². The smallest absolute Gasteiger partial charge is 0.163 e. The van der Waals surface area contributed by atoms with Crippen LogP contribution in [0.4, 0.5) is 11.5 Å². The van der Waals surface area contributed by atoms with Gasteiger partial charge in [-0.15, -0.1) is 0 Å². The van der Waals surface area contributed by atoms with Gasteiger partial charge >= 0.3 is 0 Å². The van der Waals surface area contributed by atoms with Gasteiger partial charge < -0.3 is 5.32 Å². The average molecular weight is 387 g/mol. The third-order valence-corrected chi connectivity index (χ3v) is 4.89. The van der Waals surface area contributed by atoms with Crippen molar-refractivity contribution in [1.82, 2.24) is 4.98 Å². The third-order valence-electron chi connectivity index (χ3n) is 4.66. The fraction of sp³-hybridized carbons (Fsp3) is 0.0833. The van der Waals surface area contributed by atoms with E-state index >= 15 is 0 Å². The Hall–Kier alpha value is -3.17. The highest BCUT2D eigenvalue weighted by atomic mass is 35.5. The summed E-state index contributed by atoms with van der Waals surface area (Å²) in [7, 11) is 0. The Morgan fingerprint density at radius 3 is 2.64 bits per heavy atom. The fourth-order valence-electron chi connectivity index (χ4n) is 3.19. The van der Waals surface area contributed by atoms with E-state index in [1.54, 1.807) is 6.20 Å². The molecule has 1 heterocycles. The van der Waals surface area contributed by atoms with Crippen molar-refractivity contribution in [2.24, 2.45) is 0 Å². The number of nitrogens with one attached hydrogen (secondary N) is 1. The average Bonchev–Trinajstić information content (AvgIpc) is 2.73. The van der Waals surface area contributed by atoms with Gasteiger partial charge in [0.25, 0.3) is 0 Å². The quantitative estimate of drug-likeness (QED) is 0.387. The van der Waals surface area contributed by atoms with Crippen molar-refractivity contribution in [3.8, 4) is 0 Å². The van der Waals surface area contributed by atoms with Gasteiger partial charge in [0.15, 0.2) is 5.78 Å². The number of aromatic nitrogens is 1. The van der Waals surface area contributed by atoms with Crippen LogP contribution in [0.25, 0.3) is 10.8 Å². The molecule has 0 atom stereocenters. The van der Waals surface area contributed by atoms with Crippen LogP contribution < -0.4 is 5.32 Å². The number of nitrogens with zero attached hydrogens (tertiary/aromatic N) is 1. The van der Waals surface area contributed by atoms with E-state index in [0.29, 0.717) is 22.8 Å². The van der Waals surface area contributed by atoms with Crippen molar-refractivity contribution in [1.29, 1.82) is 0 Å². The van der Waals surface area contributed by atoms with Crippen LogP contribution in [0.2, 0.25) is 5.02 Å². The largest absolute Gasteiger partial charge is 0.340 e. The van der Waals surface area contributed by atoms with Crippen LogP contribution in [0.3, 0.4) is 0 Å². The second kappa shape index (κ2) is 8.24. The molecular weight excluding hydrogens is 368 g/mol. The van der Waals surface area contributed by atoms with Crippen molar-refractivity contribution in [3.05, 3.63) is 101 Å². The molecule has 4 rings (SSSR count). The van der Waals surface area contributed by atoms with Crippen LogP contribution in [0.1, 0.15) is 22.3 Å². The number of carbonyl (C=O) groups excluding carboxylic acids is 1. The number of carbonyl (C=O) groups is 1. The zero-order valence-electron chi connectivity index (χ0n) is 15.2. The van der Waals surface area contributed by atoms with Crippen LogP contribution in [0.15, 0.2) is 85.1 Å². The summed E-state index contributed by atoms with van der Waals surface area (Å²) in [5, 5.41) is 5.98. The zero-order valence-corrected chi connectivity index (χ0v) is 16.0. The second-order valence-electron chi connectivity index (χ2n) is 6.64. The summed E-state index contributed by atoms with van der Waals surface area (Å²) in [4.78, 5) is 17.1. The Kier molecular flexibility index (Phi) is 5.36. The molecule has 4 aromatic rings. The van der Waals surface area contributed by atoms with Gasteiger partial charge in [0.05, 0.1) is 0 Å². The molecular formula is C24H19ClN2O. The lowest BCUT2D eigenvalue weighted by Gasteiger charge is -2.10. The van der Waals surface area contributed by atoms with Gasteiger partial charge in [-0.1, -0.05) is 60.1 Å². The SMILES string of the molecule is O=C(CCc1ccccc1)c1cccc(Nc2nccc3ccc(Cl)cc23)c1. The Morgan fingerprint density at radius 1 is 0.929 bits per heavy atom. The van der Waals surface area contributed by atoms with Crippen molar-refractivity contribution in [2.75, 3.05) is 5.32 Å². The molecule has 1 N–H and O–H groups in total. The Balaban J connectivity index is 1.53. The standard InChI is InChI=1S/C24H19ClN2O/c25-20-11-10-18-13-14-26-24(22(18)16-20)27-21-8-4-7-19(15-21)23(28)12-9-17-5-2-1-3-6-17/h1-8,10-11,13-16H,9,12H2,(H,26,27). The van der Waals surface area contributed by atoms with Gasteiger partial charge in [0.2, 0.25) is 0 Å². The van der Waals surface area contributed by atoms with E-state index in [1.165, 1.54) is 5.56 Å². The number of Topliss-reactive ketones (excluding diaryl/α,β-unsaturated/α-hetero) is 1. The predicted octanol–water partition coefficient (Wildman–Crippen LogP) is 6.45. The monoisotopic (exact) mass is 386 g/mol. The molecule has 0 aliphatic rings. The first kappa shape index (κ1) is 18.2.